The Morgan fingerprint density at radius 3 is 2.17 bits per heavy atom. The lowest BCUT2D eigenvalue weighted by atomic mass is 10.0. The molecule has 1 aliphatic rings. The van der Waals surface area contributed by atoms with E-state index in [9.17, 15) is 22.0 Å². The fourth-order valence-corrected chi connectivity index (χ4v) is 2.58. The second kappa shape index (κ2) is 9.60. The molecule has 0 aliphatic carbocycles. The standard InChI is InChI=1S/C14H17F5N2O.2ClH/c1-22-11-8-9(14(17,18)19)2-3-10(11)12(13(15)16)21-6-4-20-5-7-21;;/h2-3,8,12-13,20H,4-7H2,1H3;2*1H/t12-;;/m0../s1. The van der Waals surface area contributed by atoms with Gasteiger partial charge >= 0.3 is 6.18 Å². The van der Waals surface area contributed by atoms with Gasteiger partial charge in [-0.2, -0.15) is 13.2 Å². The first kappa shape index (κ1) is 23.2. The normalized spacial score (nSPS) is 17.0. The van der Waals surface area contributed by atoms with Gasteiger partial charge in [0.1, 0.15) is 5.75 Å². The van der Waals surface area contributed by atoms with Crippen molar-refractivity contribution in [2.45, 2.75) is 18.6 Å². The lowest BCUT2D eigenvalue weighted by Crippen LogP contribution is -2.47. The quantitative estimate of drug-likeness (QED) is 0.784. The molecule has 1 aliphatic heterocycles. The van der Waals surface area contributed by atoms with E-state index in [4.69, 9.17) is 4.74 Å². The number of halogens is 7. The van der Waals surface area contributed by atoms with E-state index in [1.54, 1.807) is 4.90 Å². The van der Waals surface area contributed by atoms with Crippen LogP contribution in [0.1, 0.15) is 17.2 Å². The molecule has 24 heavy (non-hydrogen) atoms. The molecule has 3 nitrogen and oxygen atoms in total. The first-order chi connectivity index (χ1) is 10.3. The summed E-state index contributed by atoms with van der Waals surface area (Å²) in [5, 5.41) is 3.05. The monoisotopic (exact) mass is 396 g/mol. The molecule has 1 N–H and O–H groups in total. The number of alkyl halides is 5. The Hall–Kier alpha value is -0.830. The fraction of sp³-hybridized carbons (Fsp3) is 0.571. The zero-order valence-corrected chi connectivity index (χ0v) is 14.4. The van der Waals surface area contributed by atoms with Gasteiger partial charge in [0.25, 0.3) is 6.43 Å². The third-order valence-corrected chi connectivity index (χ3v) is 3.66. The minimum atomic E-state index is -4.54. The Kier molecular flexibility index (Phi) is 9.27. The van der Waals surface area contributed by atoms with Gasteiger partial charge in [-0.1, -0.05) is 6.07 Å². The van der Waals surface area contributed by atoms with Crippen LogP contribution in [-0.4, -0.2) is 44.6 Å². The molecule has 0 radical (unpaired) electrons. The molecular formula is C14H19Cl2F5N2O. The van der Waals surface area contributed by atoms with Crippen LogP contribution in [0.4, 0.5) is 22.0 Å². The summed E-state index contributed by atoms with van der Waals surface area (Å²) >= 11 is 0. The molecule has 0 saturated carbocycles. The molecule has 1 atom stereocenters. The Morgan fingerprint density at radius 2 is 1.71 bits per heavy atom. The Labute approximate surface area is 149 Å². The Bertz CT molecular complexity index is 510. The maximum atomic E-state index is 13.5. The van der Waals surface area contributed by atoms with E-state index in [0.29, 0.717) is 26.2 Å². The molecule has 0 bridgehead atoms. The summed E-state index contributed by atoms with van der Waals surface area (Å²) < 4.78 is 70.1. The van der Waals surface area contributed by atoms with Gasteiger partial charge in [0.05, 0.1) is 18.7 Å². The van der Waals surface area contributed by atoms with Gasteiger partial charge in [0.15, 0.2) is 0 Å². The van der Waals surface area contributed by atoms with Crippen molar-refractivity contribution in [3.63, 3.8) is 0 Å². The summed E-state index contributed by atoms with van der Waals surface area (Å²) in [7, 11) is 1.18. The van der Waals surface area contributed by atoms with Gasteiger partial charge in [0, 0.05) is 31.7 Å². The average molecular weight is 397 g/mol. The van der Waals surface area contributed by atoms with Crippen molar-refractivity contribution in [2.75, 3.05) is 33.3 Å². The van der Waals surface area contributed by atoms with Gasteiger partial charge < -0.3 is 10.1 Å². The van der Waals surface area contributed by atoms with Crippen molar-refractivity contribution in [1.29, 1.82) is 0 Å². The van der Waals surface area contributed by atoms with Gasteiger partial charge in [0.2, 0.25) is 0 Å². The van der Waals surface area contributed by atoms with E-state index in [0.717, 1.165) is 18.2 Å². The van der Waals surface area contributed by atoms with Gasteiger partial charge in [-0.15, -0.1) is 24.8 Å². The molecule has 1 aromatic rings. The summed E-state index contributed by atoms with van der Waals surface area (Å²) in [6.45, 7) is 1.93. The van der Waals surface area contributed by atoms with Crippen LogP contribution in [0.25, 0.3) is 0 Å². The number of piperazine rings is 1. The molecule has 1 aromatic carbocycles. The molecule has 0 aromatic heterocycles. The second-order valence-corrected chi connectivity index (χ2v) is 5.02. The van der Waals surface area contributed by atoms with Crippen molar-refractivity contribution < 1.29 is 26.7 Å². The maximum Gasteiger partial charge on any atom is 0.416 e. The van der Waals surface area contributed by atoms with E-state index in [-0.39, 0.29) is 36.1 Å². The van der Waals surface area contributed by atoms with E-state index < -0.39 is 24.2 Å². The molecular weight excluding hydrogens is 378 g/mol. The number of rotatable bonds is 4. The molecule has 1 fully saturated rings. The largest absolute Gasteiger partial charge is 0.496 e. The third-order valence-electron chi connectivity index (χ3n) is 3.66. The predicted octanol–water partition coefficient (Wildman–Crippen LogP) is 3.77. The number of nitrogens with zero attached hydrogens (tertiary/aromatic N) is 1. The highest BCUT2D eigenvalue weighted by molar-refractivity contribution is 5.85. The minimum Gasteiger partial charge on any atom is -0.496 e. The molecule has 2 rings (SSSR count). The summed E-state index contributed by atoms with van der Waals surface area (Å²) in [5.41, 5.74) is -0.839. The molecule has 0 spiro atoms. The zero-order chi connectivity index (χ0) is 16.3. The molecule has 1 heterocycles. The van der Waals surface area contributed by atoms with Gasteiger partial charge in [-0.05, 0) is 12.1 Å². The number of hydrogen-bond acceptors (Lipinski definition) is 3. The van der Waals surface area contributed by atoms with Crippen molar-refractivity contribution in [2.24, 2.45) is 0 Å². The van der Waals surface area contributed by atoms with E-state index in [2.05, 4.69) is 5.32 Å². The first-order valence-electron chi connectivity index (χ1n) is 6.82. The van der Waals surface area contributed by atoms with Crippen LogP contribution in [0.3, 0.4) is 0 Å². The van der Waals surface area contributed by atoms with Crippen LogP contribution in [0.15, 0.2) is 18.2 Å². The van der Waals surface area contributed by atoms with E-state index in [1.165, 1.54) is 7.11 Å². The van der Waals surface area contributed by atoms with Crippen molar-refractivity contribution in [1.82, 2.24) is 10.2 Å². The predicted molar refractivity (Wildman–Crippen MR) is 85.7 cm³/mol. The Morgan fingerprint density at radius 1 is 1.12 bits per heavy atom. The molecule has 0 amide bonds. The first-order valence-corrected chi connectivity index (χ1v) is 6.82. The lowest BCUT2D eigenvalue weighted by Gasteiger charge is -2.35. The second-order valence-electron chi connectivity index (χ2n) is 5.02. The van der Waals surface area contributed by atoms with Gasteiger partial charge in [-0.25, -0.2) is 8.78 Å². The molecule has 0 unspecified atom stereocenters. The van der Waals surface area contributed by atoms with Gasteiger partial charge in [-0.3, -0.25) is 4.90 Å². The van der Waals surface area contributed by atoms with Crippen LogP contribution in [0, 0.1) is 0 Å². The van der Waals surface area contributed by atoms with Crippen LogP contribution >= 0.6 is 24.8 Å². The van der Waals surface area contributed by atoms with E-state index in [1.807, 2.05) is 0 Å². The van der Waals surface area contributed by atoms with E-state index >= 15 is 0 Å². The SMILES string of the molecule is COc1cc(C(F)(F)F)ccc1[C@@H](C(F)F)N1CCNCC1.Cl.Cl. The smallest absolute Gasteiger partial charge is 0.416 e. The van der Waals surface area contributed by atoms with Crippen LogP contribution < -0.4 is 10.1 Å². The zero-order valence-electron chi connectivity index (χ0n) is 12.8. The summed E-state index contributed by atoms with van der Waals surface area (Å²) in [6, 6.07) is 1.39. The number of hydrogen-bond donors (Lipinski definition) is 1. The van der Waals surface area contributed by atoms with Crippen molar-refractivity contribution in [3.8, 4) is 5.75 Å². The van der Waals surface area contributed by atoms with Crippen LogP contribution in [-0.2, 0) is 6.18 Å². The molecule has 140 valence electrons. The number of ether oxygens (including phenoxy) is 1. The highest BCUT2D eigenvalue weighted by Crippen LogP contribution is 2.38. The van der Waals surface area contributed by atoms with Crippen molar-refractivity contribution in [3.05, 3.63) is 29.3 Å². The summed E-state index contributed by atoms with van der Waals surface area (Å²) in [5.74, 6) is -0.168. The summed E-state index contributed by atoms with van der Waals surface area (Å²) in [6.07, 6.45) is -7.26. The lowest BCUT2D eigenvalue weighted by molar-refractivity contribution is -0.137. The fourth-order valence-electron chi connectivity index (χ4n) is 2.58. The maximum absolute atomic E-state index is 13.5. The van der Waals surface area contributed by atoms with Crippen LogP contribution in [0.5, 0.6) is 5.75 Å². The highest BCUT2D eigenvalue weighted by Gasteiger charge is 2.35. The summed E-state index contributed by atoms with van der Waals surface area (Å²) in [4.78, 5) is 1.56. The Balaban J connectivity index is 0.00000264. The van der Waals surface area contributed by atoms with Crippen LogP contribution in [0.2, 0.25) is 0 Å². The highest BCUT2D eigenvalue weighted by atomic mass is 35.5. The topological polar surface area (TPSA) is 24.5 Å². The average Bonchev–Trinajstić information content (AvgIpc) is 2.47. The molecule has 1 saturated heterocycles. The minimum absolute atomic E-state index is 0. The molecule has 10 heteroatoms. The van der Waals surface area contributed by atoms with Crippen molar-refractivity contribution >= 4 is 24.8 Å². The number of methoxy groups -OCH3 is 1. The third kappa shape index (κ3) is 5.34. The number of benzene rings is 1. The number of nitrogens with one attached hydrogen (secondary N) is 1.